The molecule has 1 aliphatic rings. The number of ether oxygens (including phenoxy) is 2. The van der Waals surface area contributed by atoms with Crippen molar-refractivity contribution in [1.29, 1.82) is 0 Å². The van der Waals surface area contributed by atoms with E-state index in [-0.39, 0.29) is 6.42 Å². The van der Waals surface area contributed by atoms with E-state index < -0.39 is 11.0 Å². The molecule has 0 saturated heterocycles. The minimum atomic E-state index is -0.862. The van der Waals surface area contributed by atoms with Gasteiger partial charge in [-0.2, -0.15) is 0 Å². The predicted molar refractivity (Wildman–Crippen MR) is 109 cm³/mol. The molecule has 2 aromatic rings. The number of rotatable bonds is 10. The molecule has 0 unspecified atom stereocenters. The van der Waals surface area contributed by atoms with E-state index in [1.54, 1.807) is 0 Å². The number of nitrogens with one attached hydrogen (secondary N) is 2. The van der Waals surface area contributed by atoms with Crippen LogP contribution in [0.1, 0.15) is 19.8 Å². The number of hydrogen-bond acceptors (Lipinski definition) is 6. The molecule has 0 aromatic heterocycles. The molecule has 1 aliphatic heterocycles. The Balaban J connectivity index is 1.51. The second kappa shape index (κ2) is 8.90. The topological polar surface area (TPSA) is 79.8 Å². The van der Waals surface area contributed by atoms with Gasteiger partial charge in [0.25, 0.3) is 0 Å². The summed E-state index contributed by atoms with van der Waals surface area (Å²) in [6, 6.07) is 15.3. The van der Waals surface area contributed by atoms with Crippen LogP contribution in [0.2, 0.25) is 0 Å². The fourth-order valence-corrected chi connectivity index (χ4v) is 3.92. The molecule has 6 nitrogen and oxygen atoms in total. The minimum absolute atomic E-state index is 0.0458. The Kier molecular flexibility index (Phi) is 6.34. The van der Waals surface area contributed by atoms with Gasteiger partial charge in [0.1, 0.15) is 11.5 Å². The molecule has 3 rings (SSSR count). The van der Waals surface area contributed by atoms with Crippen molar-refractivity contribution >= 4 is 29.1 Å². The van der Waals surface area contributed by atoms with Gasteiger partial charge in [0, 0.05) is 5.75 Å². The van der Waals surface area contributed by atoms with Crippen LogP contribution in [0.5, 0.6) is 11.5 Å². The summed E-state index contributed by atoms with van der Waals surface area (Å²) in [5, 5.41) is 15.9. The number of fused-ring (bicyclic) bond motifs is 1. The lowest BCUT2D eigenvalue weighted by Gasteiger charge is -2.28. The summed E-state index contributed by atoms with van der Waals surface area (Å²) in [5.74, 6) is 1.37. The van der Waals surface area contributed by atoms with Crippen molar-refractivity contribution in [3.8, 4) is 11.5 Å². The lowest BCUT2D eigenvalue weighted by molar-refractivity contribution is -0.137. The molecule has 144 valence electrons. The number of carboxylic acid groups (broad SMARTS) is 1. The maximum absolute atomic E-state index is 11.3. The van der Waals surface area contributed by atoms with Gasteiger partial charge in [0.2, 0.25) is 0 Å². The minimum Gasteiger partial charge on any atom is -0.494 e. The molecule has 0 fully saturated rings. The van der Waals surface area contributed by atoms with E-state index in [1.165, 1.54) is 11.8 Å². The first-order valence-corrected chi connectivity index (χ1v) is 9.95. The Morgan fingerprint density at radius 2 is 1.56 bits per heavy atom. The molecule has 7 heteroatoms. The molecule has 0 bridgehead atoms. The number of benzene rings is 2. The van der Waals surface area contributed by atoms with E-state index in [2.05, 4.69) is 17.6 Å². The number of hydrogen-bond donors (Lipinski definition) is 3. The third-order valence-corrected chi connectivity index (χ3v) is 5.21. The largest absolute Gasteiger partial charge is 0.494 e. The number of para-hydroxylation sites is 2. The summed E-state index contributed by atoms with van der Waals surface area (Å²) in [6.45, 7) is 3.24. The van der Waals surface area contributed by atoms with Crippen molar-refractivity contribution in [2.75, 3.05) is 29.6 Å². The molecule has 0 atom stereocenters. The summed E-state index contributed by atoms with van der Waals surface area (Å²) >= 11 is 1.50. The van der Waals surface area contributed by atoms with E-state index in [1.807, 2.05) is 48.5 Å². The van der Waals surface area contributed by atoms with Crippen molar-refractivity contribution in [2.24, 2.45) is 0 Å². The summed E-state index contributed by atoms with van der Waals surface area (Å²) in [5.41, 5.74) is 1.82. The molecule has 0 radical (unpaired) electrons. The highest BCUT2D eigenvalue weighted by molar-refractivity contribution is 8.00. The van der Waals surface area contributed by atoms with Gasteiger partial charge >= 0.3 is 5.97 Å². The third-order valence-electron chi connectivity index (χ3n) is 4.00. The van der Waals surface area contributed by atoms with Gasteiger partial charge in [0.05, 0.1) is 31.0 Å². The van der Waals surface area contributed by atoms with Crippen LogP contribution in [0.15, 0.2) is 48.5 Å². The van der Waals surface area contributed by atoms with Crippen LogP contribution in [-0.4, -0.2) is 35.0 Å². The van der Waals surface area contributed by atoms with E-state index in [4.69, 9.17) is 9.47 Å². The van der Waals surface area contributed by atoms with Gasteiger partial charge in [-0.05, 0) is 42.8 Å². The Morgan fingerprint density at radius 1 is 1.00 bits per heavy atom. The standard InChI is InChI=1S/C20H24N2O4S/c1-2-11-25-15-7-9-16(10-8-15)26-12-13-27-20(14-19(23)24)21-17-5-3-4-6-18(17)22-20/h3-10,21-22H,2,11-14H2,1H3,(H,23,24). The van der Waals surface area contributed by atoms with Gasteiger partial charge in [-0.3, -0.25) is 4.79 Å². The molecule has 0 amide bonds. The van der Waals surface area contributed by atoms with Crippen LogP contribution < -0.4 is 20.1 Å². The van der Waals surface area contributed by atoms with Crippen LogP contribution in [0, 0.1) is 0 Å². The number of carbonyl (C=O) groups is 1. The fraction of sp³-hybridized carbons (Fsp3) is 0.350. The van der Waals surface area contributed by atoms with Crippen LogP contribution in [0.4, 0.5) is 11.4 Å². The molecule has 0 saturated carbocycles. The smallest absolute Gasteiger partial charge is 0.308 e. The molecule has 0 aliphatic carbocycles. The third kappa shape index (κ3) is 5.23. The van der Waals surface area contributed by atoms with Gasteiger partial charge in [-0.15, -0.1) is 11.8 Å². The Bertz CT molecular complexity index is 742. The Morgan fingerprint density at radius 3 is 2.07 bits per heavy atom. The highest BCUT2D eigenvalue weighted by Gasteiger charge is 2.38. The molecule has 3 N–H and O–H groups in total. The molecule has 27 heavy (non-hydrogen) atoms. The second-order valence-corrected chi connectivity index (χ2v) is 7.60. The summed E-state index contributed by atoms with van der Waals surface area (Å²) in [4.78, 5) is 10.6. The van der Waals surface area contributed by atoms with Gasteiger partial charge in [0.15, 0.2) is 4.99 Å². The highest BCUT2D eigenvalue weighted by atomic mass is 32.2. The monoisotopic (exact) mass is 388 g/mol. The number of anilines is 2. The number of aliphatic carboxylic acids is 1. The van der Waals surface area contributed by atoms with Crippen molar-refractivity contribution in [3.05, 3.63) is 48.5 Å². The van der Waals surface area contributed by atoms with Gasteiger partial charge < -0.3 is 25.2 Å². The first-order chi connectivity index (χ1) is 13.1. The zero-order valence-corrected chi connectivity index (χ0v) is 16.1. The quantitative estimate of drug-likeness (QED) is 0.525. The van der Waals surface area contributed by atoms with Crippen LogP contribution in [-0.2, 0) is 4.79 Å². The first kappa shape index (κ1) is 19.2. The molecular weight excluding hydrogens is 364 g/mol. The molecular formula is C20H24N2O4S. The van der Waals surface area contributed by atoms with Crippen LogP contribution in [0.25, 0.3) is 0 Å². The fourth-order valence-electron chi connectivity index (χ4n) is 2.82. The van der Waals surface area contributed by atoms with E-state index in [9.17, 15) is 9.90 Å². The van der Waals surface area contributed by atoms with Crippen molar-refractivity contribution in [1.82, 2.24) is 0 Å². The summed E-state index contributed by atoms with van der Waals surface area (Å²) in [6.07, 6.45) is 0.926. The number of thioether (sulfide) groups is 1. The first-order valence-electron chi connectivity index (χ1n) is 8.97. The average Bonchev–Trinajstić information content (AvgIpc) is 3.02. The van der Waals surface area contributed by atoms with E-state index >= 15 is 0 Å². The second-order valence-electron chi connectivity index (χ2n) is 6.21. The summed E-state index contributed by atoms with van der Waals surface area (Å²) in [7, 11) is 0. The zero-order valence-electron chi connectivity index (χ0n) is 15.2. The Hall–Kier alpha value is -2.54. The molecule has 1 heterocycles. The van der Waals surface area contributed by atoms with Crippen LogP contribution >= 0.6 is 11.8 Å². The maximum atomic E-state index is 11.3. The number of carboxylic acids is 1. The predicted octanol–water partition coefficient (Wildman–Crippen LogP) is 4.25. The maximum Gasteiger partial charge on any atom is 0.308 e. The van der Waals surface area contributed by atoms with Crippen molar-refractivity contribution < 1.29 is 19.4 Å². The lowest BCUT2D eigenvalue weighted by Crippen LogP contribution is -2.41. The summed E-state index contributed by atoms with van der Waals surface area (Å²) < 4.78 is 11.3. The molecule has 2 aromatic carbocycles. The Labute approximate surface area is 163 Å². The van der Waals surface area contributed by atoms with Gasteiger partial charge in [-0.25, -0.2) is 0 Å². The van der Waals surface area contributed by atoms with Gasteiger partial charge in [-0.1, -0.05) is 19.1 Å². The van der Waals surface area contributed by atoms with Crippen molar-refractivity contribution in [3.63, 3.8) is 0 Å². The highest BCUT2D eigenvalue weighted by Crippen LogP contribution is 2.41. The molecule has 0 spiro atoms. The van der Waals surface area contributed by atoms with E-state index in [0.29, 0.717) is 19.0 Å². The lowest BCUT2D eigenvalue weighted by atomic mass is 10.3. The van der Waals surface area contributed by atoms with Crippen molar-refractivity contribution in [2.45, 2.75) is 24.8 Å². The normalized spacial score (nSPS) is 14.0. The zero-order chi connectivity index (χ0) is 19.1. The van der Waals surface area contributed by atoms with Crippen LogP contribution in [0.3, 0.4) is 0 Å². The van der Waals surface area contributed by atoms with E-state index in [0.717, 1.165) is 29.3 Å². The average molecular weight is 388 g/mol. The SMILES string of the molecule is CCCOc1ccc(OCCSC2(CC(=O)O)Nc3ccccc3N2)cc1.